The number of fused-ring (bicyclic) bond motifs is 1. The maximum absolute atomic E-state index is 15.6. The SMILES string of the molecule is CN1CCN(c2c(F)cc3c(=O)c(C(=O)C=Cc4ccc(Br)cc4)cn(CCF)c3c2F)CC1. The predicted octanol–water partition coefficient (Wildman–Crippen LogP) is 4.66. The molecule has 0 saturated carbocycles. The van der Waals surface area contributed by atoms with Crippen LogP contribution in [0.15, 0.2) is 51.9 Å². The third-order valence-electron chi connectivity index (χ3n) is 5.94. The lowest BCUT2D eigenvalue weighted by Crippen LogP contribution is -2.45. The van der Waals surface area contributed by atoms with E-state index in [4.69, 9.17) is 0 Å². The van der Waals surface area contributed by atoms with Gasteiger partial charge in [0.2, 0.25) is 5.43 Å². The molecular formula is C25H23BrF3N3O2. The molecule has 1 aliphatic heterocycles. The van der Waals surface area contributed by atoms with Crippen LogP contribution in [-0.4, -0.2) is 55.2 Å². The van der Waals surface area contributed by atoms with Crippen LogP contribution in [0.2, 0.25) is 0 Å². The number of alkyl halides is 1. The van der Waals surface area contributed by atoms with Crippen LogP contribution in [0.25, 0.3) is 17.0 Å². The molecule has 1 aromatic heterocycles. The number of anilines is 1. The number of hydrogen-bond acceptors (Lipinski definition) is 4. The highest BCUT2D eigenvalue weighted by molar-refractivity contribution is 9.10. The first-order valence-electron chi connectivity index (χ1n) is 10.8. The zero-order valence-corrected chi connectivity index (χ0v) is 20.1. The van der Waals surface area contributed by atoms with Crippen molar-refractivity contribution in [1.82, 2.24) is 9.47 Å². The van der Waals surface area contributed by atoms with E-state index < -0.39 is 29.5 Å². The summed E-state index contributed by atoms with van der Waals surface area (Å²) < 4.78 is 46.1. The molecule has 4 rings (SSSR count). The quantitative estimate of drug-likeness (QED) is 0.341. The van der Waals surface area contributed by atoms with E-state index in [0.717, 1.165) is 22.3 Å². The summed E-state index contributed by atoms with van der Waals surface area (Å²) in [5.41, 5.74) is -0.776. The number of carbonyl (C=O) groups is 1. The molecule has 2 aromatic carbocycles. The number of pyridine rings is 1. The summed E-state index contributed by atoms with van der Waals surface area (Å²) in [6.07, 6.45) is 3.92. The molecule has 0 unspecified atom stereocenters. The minimum Gasteiger partial charge on any atom is -0.364 e. The molecular weight excluding hydrogens is 511 g/mol. The third-order valence-corrected chi connectivity index (χ3v) is 6.47. The first kappa shape index (κ1) is 24.2. The highest BCUT2D eigenvalue weighted by Gasteiger charge is 2.26. The van der Waals surface area contributed by atoms with Crippen molar-refractivity contribution in [2.24, 2.45) is 0 Å². The van der Waals surface area contributed by atoms with Crippen molar-refractivity contribution < 1.29 is 18.0 Å². The summed E-state index contributed by atoms with van der Waals surface area (Å²) in [5.74, 6) is -2.44. The largest absolute Gasteiger partial charge is 0.364 e. The van der Waals surface area contributed by atoms with Gasteiger partial charge in [-0.25, -0.2) is 13.2 Å². The summed E-state index contributed by atoms with van der Waals surface area (Å²) >= 11 is 3.33. The Hall–Kier alpha value is -2.91. The lowest BCUT2D eigenvalue weighted by atomic mass is 10.0. The molecule has 9 heteroatoms. The van der Waals surface area contributed by atoms with Crippen molar-refractivity contribution in [3.8, 4) is 0 Å². The van der Waals surface area contributed by atoms with E-state index >= 15 is 8.78 Å². The molecule has 178 valence electrons. The maximum atomic E-state index is 15.6. The average molecular weight is 534 g/mol. The molecule has 0 bridgehead atoms. The van der Waals surface area contributed by atoms with E-state index in [1.807, 2.05) is 11.9 Å². The zero-order chi connectivity index (χ0) is 24.4. The minimum atomic E-state index is -0.922. The lowest BCUT2D eigenvalue weighted by molar-refractivity contribution is 0.104. The molecule has 3 aromatic rings. The molecule has 5 nitrogen and oxygen atoms in total. The number of ketones is 1. The second-order valence-electron chi connectivity index (χ2n) is 8.21. The Balaban J connectivity index is 1.80. The van der Waals surface area contributed by atoms with Crippen LogP contribution in [0.1, 0.15) is 15.9 Å². The van der Waals surface area contributed by atoms with Gasteiger partial charge in [-0.3, -0.25) is 9.59 Å². The number of halogens is 4. The molecule has 0 aliphatic carbocycles. The first-order valence-corrected chi connectivity index (χ1v) is 11.6. The van der Waals surface area contributed by atoms with E-state index in [1.54, 1.807) is 29.2 Å². The normalized spacial score (nSPS) is 14.9. The van der Waals surface area contributed by atoms with E-state index in [9.17, 15) is 14.0 Å². The maximum Gasteiger partial charge on any atom is 0.200 e. The van der Waals surface area contributed by atoms with Crippen LogP contribution in [0.4, 0.5) is 18.9 Å². The van der Waals surface area contributed by atoms with Gasteiger partial charge in [-0.05, 0) is 36.9 Å². The summed E-state index contributed by atoms with van der Waals surface area (Å²) in [5, 5.41) is -0.288. The standard InChI is InChI=1S/C25H23BrF3N3O2/c1-30-10-12-31(13-11-30)24-20(28)14-18-23(22(24)29)32(9-8-27)15-19(25(18)34)21(33)7-4-16-2-5-17(26)6-3-16/h2-7,14-15H,8-13H2,1H3. The number of piperazine rings is 1. The molecule has 0 spiro atoms. The van der Waals surface area contributed by atoms with Gasteiger partial charge < -0.3 is 14.4 Å². The average Bonchev–Trinajstić information content (AvgIpc) is 2.81. The number of nitrogens with zero attached hydrogens (tertiary/aromatic N) is 3. The lowest BCUT2D eigenvalue weighted by Gasteiger charge is -2.34. The third kappa shape index (κ3) is 4.81. The van der Waals surface area contributed by atoms with Crippen molar-refractivity contribution in [1.29, 1.82) is 0 Å². The molecule has 34 heavy (non-hydrogen) atoms. The van der Waals surface area contributed by atoms with Gasteiger partial charge in [0.1, 0.15) is 18.2 Å². The van der Waals surface area contributed by atoms with Gasteiger partial charge in [-0.2, -0.15) is 0 Å². The number of aryl methyl sites for hydroxylation is 1. The van der Waals surface area contributed by atoms with Gasteiger partial charge in [-0.1, -0.05) is 34.1 Å². The molecule has 0 radical (unpaired) electrons. The van der Waals surface area contributed by atoms with Gasteiger partial charge in [0.15, 0.2) is 11.6 Å². The second-order valence-corrected chi connectivity index (χ2v) is 9.13. The zero-order valence-electron chi connectivity index (χ0n) is 18.5. The van der Waals surface area contributed by atoms with Crippen molar-refractivity contribution in [2.75, 3.05) is 44.8 Å². The Kier molecular flexibility index (Phi) is 7.23. The van der Waals surface area contributed by atoms with Crippen LogP contribution in [-0.2, 0) is 6.54 Å². The smallest absolute Gasteiger partial charge is 0.200 e. The Morgan fingerprint density at radius 1 is 1.12 bits per heavy atom. The molecule has 1 fully saturated rings. The Morgan fingerprint density at radius 2 is 1.79 bits per heavy atom. The van der Waals surface area contributed by atoms with Crippen LogP contribution in [0, 0.1) is 11.6 Å². The van der Waals surface area contributed by atoms with Crippen LogP contribution < -0.4 is 10.3 Å². The van der Waals surface area contributed by atoms with E-state index in [1.165, 1.54) is 16.7 Å². The van der Waals surface area contributed by atoms with Gasteiger partial charge >= 0.3 is 0 Å². The Morgan fingerprint density at radius 3 is 2.44 bits per heavy atom. The van der Waals surface area contributed by atoms with Crippen LogP contribution >= 0.6 is 15.9 Å². The van der Waals surface area contributed by atoms with E-state index in [-0.39, 0.29) is 28.7 Å². The molecule has 1 saturated heterocycles. The molecule has 0 N–H and O–H groups in total. The monoisotopic (exact) mass is 533 g/mol. The first-order chi connectivity index (χ1) is 16.3. The summed E-state index contributed by atoms with van der Waals surface area (Å²) in [6, 6.07) is 8.12. The number of benzene rings is 2. The highest BCUT2D eigenvalue weighted by Crippen LogP contribution is 2.31. The van der Waals surface area contributed by atoms with Crippen molar-refractivity contribution in [3.05, 3.63) is 80.1 Å². The Labute approximate surface area is 203 Å². The Bertz CT molecular complexity index is 1310. The number of rotatable bonds is 6. The molecule has 0 atom stereocenters. The second kappa shape index (κ2) is 10.1. The van der Waals surface area contributed by atoms with Gasteiger partial charge in [0, 0.05) is 36.8 Å². The number of carbonyl (C=O) groups excluding carboxylic acids is 1. The number of aromatic nitrogens is 1. The fourth-order valence-corrected chi connectivity index (χ4v) is 4.34. The highest BCUT2D eigenvalue weighted by atomic mass is 79.9. The molecule has 0 amide bonds. The predicted molar refractivity (Wildman–Crippen MR) is 131 cm³/mol. The van der Waals surface area contributed by atoms with Gasteiger partial charge in [-0.15, -0.1) is 0 Å². The van der Waals surface area contributed by atoms with Crippen molar-refractivity contribution >= 4 is 44.4 Å². The van der Waals surface area contributed by atoms with E-state index in [0.29, 0.717) is 26.2 Å². The van der Waals surface area contributed by atoms with E-state index in [2.05, 4.69) is 15.9 Å². The van der Waals surface area contributed by atoms with Crippen LogP contribution in [0.5, 0.6) is 0 Å². The van der Waals surface area contributed by atoms with Crippen molar-refractivity contribution in [2.45, 2.75) is 6.54 Å². The summed E-state index contributed by atoms with van der Waals surface area (Å²) in [7, 11) is 1.92. The molecule has 1 aliphatic rings. The van der Waals surface area contributed by atoms with Crippen LogP contribution in [0.3, 0.4) is 0 Å². The number of likely N-dealkylation sites (N-methyl/N-ethyl adjacent to an activating group) is 1. The molecule has 2 heterocycles. The number of hydrogen-bond donors (Lipinski definition) is 0. The van der Waals surface area contributed by atoms with Gasteiger partial charge in [0.05, 0.1) is 23.0 Å². The summed E-state index contributed by atoms with van der Waals surface area (Å²) in [4.78, 5) is 29.6. The fourth-order valence-electron chi connectivity index (χ4n) is 4.08. The minimum absolute atomic E-state index is 0.202. The van der Waals surface area contributed by atoms with Crippen molar-refractivity contribution in [3.63, 3.8) is 0 Å². The topological polar surface area (TPSA) is 45.6 Å². The fraction of sp³-hybridized carbons (Fsp3) is 0.280. The summed E-state index contributed by atoms with van der Waals surface area (Å²) in [6.45, 7) is 0.971. The van der Waals surface area contributed by atoms with Gasteiger partial charge in [0.25, 0.3) is 0 Å². The number of allylic oxidation sites excluding steroid dienone is 1.